The van der Waals surface area contributed by atoms with Crippen LogP contribution in [0.4, 0.5) is 0 Å². The summed E-state index contributed by atoms with van der Waals surface area (Å²) in [7, 11) is 1.66. The second-order valence-electron chi connectivity index (χ2n) is 4.78. The smallest absolute Gasteiger partial charge is 0.156 e. The Morgan fingerprint density at radius 2 is 1.62 bits per heavy atom. The lowest BCUT2D eigenvalue weighted by Gasteiger charge is -2.20. The van der Waals surface area contributed by atoms with Gasteiger partial charge in [0.25, 0.3) is 0 Å². The molecule has 0 amide bonds. The van der Waals surface area contributed by atoms with Crippen LogP contribution < -0.4 is 0 Å². The van der Waals surface area contributed by atoms with E-state index in [0.29, 0.717) is 46.2 Å². The zero-order chi connectivity index (χ0) is 15.3. The molecule has 0 aromatic carbocycles. The van der Waals surface area contributed by atoms with Crippen LogP contribution in [0.25, 0.3) is 0 Å². The minimum atomic E-state index is 0.515. The van der Waals surface area contributed by atoms with Gasteiger partial charge in [-0.15, -0.1) is 0 Å². The van der Waals surface area contributed by atoms with Crippen LogP contribution in [0.15, 0.2) is 23.2 Å². The van der Waals surface area contributed by atoms with Crippen LogP contribution in [0.5, 0.6) is 0 Å². The molecule has 0 spiro atoms. The third kappa shape index (κ3) is 8.09. The summed E-state index contributed by atoms with van der Waals surface area (Å²) in [5.74, 6) is 1.74. The zero-order valence-corrected chi connectivity index (χ0v) is 13.5. The molecule has 0 atom stereocenters. The van der Waals surface area contributed by atoms with Gasteiger partial charge in [-0.25, -0.2) is 0 Å². The van der Waals surface area contributed by atoms with Gasteiger partial charge in [0.2, 0.25) is 0 Å². The van der Waals surface area contributed by atoms with Crippen molar-refractivity contribution in [1.29, 1.82) is 0 Å². The van der Waals surface area contributed by atoms with E-state index in [2.05, 4.69) is 13.0 Å². The quantitative estimate of drug-likeness (QED) is 0.519. The van der Waals surface area contributed by atoms with Gasteiger partial charge in [-0.1, -0.05) is 5.57 Å². The highest BCUT2D eigenvalue weighted by Crippen LogP contribution is 2.25. The van der Waals surface area contributed by atoms with Gasteiger partial charge in [0.15, 0.2) is 5.76 Å². The van der Waals surface area contributed by atoms with Crippen molar-refractivity contribution in [2.45, 2.75) is 26.7 Å². The summed E-state index contributed by atoms with van der Waals surface area (Å²) < 4.78 is 27.1. The molecule has 0 saturated carbocycles. The van der Waals surface area contributed by atoms with Crippen LogP contribution in [0.2, 0.25) is 0 Å². The first-order chi connectivity index (χ1) is 10.3. The van der Waals surface area contributed by atoms with E-state index in [1.807, 2.05) is 6.92 Å². The maximum Gasteiger partial charge on any atom is 0.156 e. The van der Waals surface area contributed by atoms with Crippen LogP contribution in [-0.2, 0) is 23.7 Å². The summed E-state index contributed by atoms with van der Waals surface area (Å²) in [6.45, 7) is 8.22. The van der Waals surface area contributed by atoms with Gasteiger partial charge >= 0.3 is 0 Å². The lowest BCUT2D eigenvalue weighted by atomic mass is 10.0. The first kappa shape index (κ1) is 18.0. The number of ether oxygens (including phenoxy) is 5. The molecule has 21 heavy (non-hydrogen) atoms. The third-order valence-corrected chi connectivity index (χ3v) is 3.02. The summed E-state index contributed by atoms with van der Waals surface area (Å²) >= 11 is 0. The Balaban J connectivity index is 2.34. The Kier molecular flexibility index (Phi) is 9.95. The minimum absolute atomic E-state index is 0.515. The third-order valence-electron chi connectivity index (χ3n) is 3.02. The molecule has 0 aromatic rings. The normalized spacial score (nSPS) is 15.1. The van der Waals surface area contributed by atoms with Crippen LogP contribution in [-0.4, -0.2) is 53.4 Å². The van der Waals surface area contributed by atoms with Crippen molar-refractivity contribution < 1.29 is 23.7 Å². The molecule has 1 aliphatic carbocycles. The molecule has 0 unspecified atom stereocenters. The molecule has 122 valence electrons. The molecule has 0 saturated heterocycles. The van der Waals surface area contributed by atoms with Gasteiger partial charge in [-0.05, 0) is 26.3 Å². The first-order valence-corrected chi connectivity index (χ1v) is 7.58. The standard InChI is InChI=1S/C16H28O5/c1-4-18-9-11-20-15-6-5-14(2)13-16(15)21-12-10-19-8-7-17-3/h13H,4-12H2,1-3H3. The Morgan fingerprint density at radius 1 is 0.905 bits per heavy atom. The van der Waals surface area contributed by atoms with Gasteiger partial charge in [0.1, 0.15) is 19.0 Å². The molecule has 0 radical (unpaired) electrons. The monoisotopic (exact) mass is 300 g/mol. The average molecular weight is 300 g/mol. The minimum Gasteiger partial charge on any atom is -0.492 e. The first-order valence-electron chi connectivity index (χ1n) is 7.58. The summed E-state index contributed by atoms with van der Waals surface area (Å²) in [5, 5.41) is 0. The summed E-state index contributed by atoms with van der Waals surface area (Å²) in [6.07, 6.45) is 3.95. The second-order valence-corrected chi connectivity index (χ2v) is 4.78. The van der Waals surface area contributed by atoms with Gasteiger partial charge in [-0.3, -0.25) is 0 Å². The van der Waals surface area contributed by atoms with Gasteiger partial charge in [-0.2, -0.15) is 0 Å². The van der Waals surface area contributed by atoms with Gasteiger partial charge in [0.05, 0.1) is 26.4 Å². The van der Waals surface area contributed by atoms with E-state index in [4.69, 9.17) is 23.7 Å². The maximum atomic E-state index is 5.77. The Bertz CT molecular complexity index is 336. The van der Waals surface area contributed by atoms with E-state index in [-0.39, 0.29) is 0 Å². The van der Waals surface area contributed by atoms with Crippen molar-refractivity contribution in [1.82, 2.24) is 0 Å². The molecule has 1 rings (SSSR count). The highest BCUT2D eigenvalue weighted by Gasteiger charge is 2.14. The molecule has 0 aromatic heterocycles. The predicted molar refractivity (Wildman–Crippen MR) is 81.1 cm³/mol. The van der Waals surface area contributed by atoms with Gasteiger partial charge < -0.3 is 23.7 Å². The van der Waals surface area contributed by atoms with Crippen molar-refractivity contribution in [3.05, 3.63) is 23.2 Å². The number of hydrogen-bond donors (Lipinski definition) is 0. The number of allylic oxidation sites excluding steroid dienone is 3. The van der Waals surface area contributed by atoms with Crippen molar-refractivity contribution in [3.8, 4) is 0 Å². The number of hydrogen-bond acceptors (Lipinski definition) is 5. The van der Waals surface area contributed by atoms with Crippen molar-refractivity contribution in [3.63, 3.8) is 0 Å². The average Bonchev–Trinajstić information content (AvgIpc) is 2.49. The summed E-state index contributed by atoms with van der Waals surface area (Å²) in [5.41, 5.74) is 1.31. The van der Waals surface area contributed by atoms with Crippen LogP contribution in [0.3, 0.4) is 0 Å². The van der Waals surface area contributed by atoms with E-state index in [9.17, 15) is 0 Å². The molecule has 0 N–H and O–H groups in total. The number of rotatable bonds is 12. The fraction of sp³-hybridized carbons (Fsp3) is 0.750. The Hall–Kier alpha value is -1.04. The molecule has 0 bridgehead atoms. The van der Waals surface area contributed by atoms with E-state index in [0.717, 1.165) is 24.4 Å². The zero-order valence-electron chi connectivity index (χ0n) is 13.5. The molecule has 5 heteroatoms. The molecular weight excluding hydrogens is 272 g/mol. The molecule has 0 heterocycles. The predicted octanol–water partition coefficient (Wildman–Crippen LogP) is 2.67. The molecule has 0 fully saturated rings. The van der Waals surface area contributed by atoms with Crippen LogP contribution in [0.1, 0.15) is 26.7 Å². The van der Waals surface area contributed by atoms with Crippen LogP contribution >= 0.6 is 0 Å². The lowest BCUT2D eigenvalue weighted by molar-refractivity contribution is 0.0367. The van der Waals surface area contributed by atoms with Crippen molar-refractivity contribution in [2.24, 2.45) is 0 Å². The lowest BCUT2D eigenvalue weighted by Crippen LogP contribution is -2.12. The fourth-order valence-electron chi connectivity index (χ4n) is 1.90. The van der Waals surface area contributed by atoms with Crippen molar-refractivity contribution in [2.75, 3.05) is 53.4 Å². The fourth-order valence-corrected chi connectivity index (χ4v) is 1.90. The van der Waals surface area contributed by atoms with Crippen LogP contribution in [0, 0.1) is 0 Å². The highest BCUT2D eigenvalue weighted by atomic mass is 16.6. The summed E-state index contributed by atoms with van der Waals surface area (Å²) in [6, 6.07) is 0. The van der Waals surface area contributed by atoms with E-state index >= 15 is 0 Å². The van der Waals surface area contributed by atoms with E-state index < -0.39 is 0 Å². The largest absolute Gasteiger partial charge is 0.492 e. The van der Waals surface area contributed by atoms with E-state index in [1.165, 1.54) is 5.57 Å². The Labute approximate surface area is 127 Å². The Morgan fingerprint density at radius 3 is 2.38 bits per heavy atom. The molecule has 1 aliphatic rings. The summed E-state index contributed by atoms with van der Waals surface area (Å²) in [4.78, 5) is 0. The number of methoxy groups -OCH3 is 1. The topological polar surface area (TPSA) is 46.2 Å². The molecule has 0 aliphatic heterocycles. The SMILES string of the molecule is CCOCCOC1=C(OCCOCCOC)C=C(C)CC1. The maximum absolute atomic E-state index is 5.77. The molecular formula is C16H28O5. The van der Waals surface area contributed by atoms with Gasteiger partial charge in [0, 0.05) is 20.1 Å². The highest BCUT2D eigenvalue weighted by molar-refractivity contribution is 5.25. The van der Waals surface area contributed by atoms with E-state index in [1.54, 1.807) is 7.11 Å². The second kappa shape index (κ2) is 11.6. The van der Waals surface area contributed by atoms with Crippen molar-refractivity contribution >= 4 is 0 Å². The molecule has 5 nitrogen and oxygen atoms in total.